The highest BCUT2D eigenvalue weighted by atomic mass is 19.1. The Balaban J connectivity index is 2.18. The smallest absolute Gasteiger partial charge is 0.170 e. The van der Waals surface area contributed by atoms with Gasteiger partial charge in [0.2, 0.25) is 0 Å². The third kappa shape index (κ3) is 3.46. The van der Waals surface area contributed by atoms with Gasteiger partial charge in [-0.2, -0.15) is 0 Å². The zero-order valence-electron chi connectivity index (χ0n) is 12.7. The summed E-state index contributed by atoms with van der Waals surface area (Å²) in [5.41, 5.74) is 0.701. The molecule has 0 radical (unpaired) electrons. The first-order valence-corrected chi connectivity index (χ1v) is 7.39. The van der Waals surface area contributed by atoms with Crippen LogP contribution in [-0.2, 0) is 6.54 Å². The molecule has 0 bridgehead atoms. The van der Waals surface area contributed by atoms with E-state index in [0.717, 1.165) is 32.5 Å². The van der Waals surface area contributed by atoms with Crippen LogP contribution in [0.15, 0.2) is 12.3 Å². The Kier molecular flexibility index (Phi) is 5.31. The van der Waals surface area contributed by atoms with E-state index < -0.39 is 0 Å². The van der Waals surface area contributed by atoms with Gasteiger partial charge in [-0.25, -0.2) is 9.37 Å². The summed E-state index contributed by atoms with van der Waals surface area (Å²) in [5, 5.41) is 3.17. The van der Waals surface area contributed by atoms with Gasteiger partial charge in [-0.05, 0) is 39.5 Å². The van der Waals surface area contributed by atoms with E-state index in [9.17, 15) is 4.39 Å². The largest absolute Gasteiger partial charge is 0.350 e. The maximum atomic E-state index is 14.6. The van der Waals surface area contributed by atoms with Crippen LogP contribution in [0.2, 0.25) is 0 Å². The predicted octanol–water partition coefficient (Wildman–Crippen LogP) is 1.86. The Morgan fingerprint density at radius 3 is 3.00 bits per heavy atom. The Labute approximate surface area is 121 Å². The number of pyridine rings is 1. The average molecular weight is 280 g/mol. The Hall–Kier alpha value is -1.20. The second-order valence-electron chi connectivity index (χ2n) is 5.64. The normalized spacial score (nSPS) is 19.1. The molecule has 1 aliphatic rings. The highest BCUT2D eigenvalue weighted by molar-refractivity contribution is 5.45. The molecule has 20 heavy (non-hydrogen) atoms. The van der Waals surface area contributed by atoms with Crippen molar-refractivity contribution in [2.45, 2.75) is 32.4 Å². The molecule has 1 atom stereocenters. The van der Waals surface area contributed by atoms with Gasteiger partial charge in [0, 0.05) is 37.4 Å². The maximum absolute atomic E-state index is 14.6. The first-order chi connectivity index (χ1) is 9.63. The van der Waals surface area contributed by atoms with Gasteiger partial charge in [-0.1, -0.05) is 6.92 Å². The van der Waals surface area contributed by atoms with E-state index in [1.165, 1.54) is 0 Å². The second kappa shape index (κ2) is 6.99. The van der Waals surface area contributed by atoms with Crippen molar-refractivity contribution in [1.82, 2.24) is 15.2 Å². The van der Waals surface area contributed by atoms with Crippen LogP contribution in [-0.4, -0.2) is 49.7 Å². The van der Waals surface area contributed by atoms with Crippen molar-refractivity contribution in [2.75, 3.05) is 38.6 Å². The van der Waals surface area contributed by atoms with Gasteiger partial charge in [0.05, 0.1) is 0 Å². The molecule has 1 N–H and O–H groups in total. The van der Waals surface area contributed by atoms with Crippen molar-refractivity contribution >= 4 is 5.82 Å². The fourth-order valence-corrected chi connectivity index (χ4v) is 2.79. The molecule has 1 aromatic heterocycles. The summed E-state index contributed by atoms with van der Waals surface area (Å²) >= 11 is 0. The summed E-state index contributed by atoms with van der Waals surface area (Å²) in [4.78, 5) is 8.58. The van der Waals surface area contributed by atoms with Crippen molar-refractivity contribution in [3.8, 4) is 0 Å². The first-order valence-electron chi connectivity index (χ1n) is 7.39. The molecule has 1 unspecified atom stereocenters. The molecule has 1 fully saturated rings. The first kappa shape index (κ1) is 15.2. The van der Waals surface area contributed by atoms with E-state index in [0.29, 0.717) is 24.0 Å². The molecule has 112 valence electrons. The minimum Gasteiger partial charge on any atom is -0.350 e. The van der Waals surface area contributed by atoms with E-state index >= 15 is 0 Å². The van der Waals surface area contributed by atoms with Crippen LogP contribution in [0.4, 0.5) is 10.2 Å². The van der Waals surface area contributed by atoms with Crippen molar-refractivity contribution in [2.24, 2.45) is 0 Å². The summed E-state index contributed by atoms with van der Waals surface area (Å²) in [6.07, 6.45) is 3.93. The summed E-state index contributed by atoms with van der Waals surface area (Å²) in [6, 6.07) is 2.12. The number of hydrogen-bond donors (Lipinski definition) is 1. The van der Waals surface area contributed by atoms with E-state index in [1.54, 1.807) is 12.3 Å². The standard InChI is InChI=1S/C15H25FN4/c1-4-17-10-12-7-8-18-15(14(12)16)20-9-5-6-13(20)11-19(2)3/h7-8,13,17H,4-6,9-11H2,1-3H3. The number of aromatic nitrogens is 1. The number of likely N-dealkylation sites (N-methyl/N-ethyl adjacent to an activating group) is 1. The SMILES string of the molecule is CCNCc1ccnc(N2CCCC2CN(C)C)c1F. The Morgan fingerprint density at radius 1 is 1.50 bits per heavy atom. The maximum Gasteiger partial charge on any atom is 0.170 e. The van der Waals surface area contributed by atoms with Gasteiger partial charge >= 0.3 is 0 Å². The molecular weight excluding hydrogens is 255 g/mol. The quantitative estimate of drug-likeness (QED) is 0.862. The van der Waals surface area contributed by atoms with Gasteiger partial charge in [0.15, 0.2) is 11.6 Å². The molecule has 1 aromatic rings. The molecule has 0 aromatic carbocycles. The van der Waals surface area contributed by atoms with Crippen molar-refractivity contribution in [3.63, 3.8) is 0 Å². The molecule has 2 heterocycles. The minimum absolute atomic E-state index is 0.167. The fourth-order valence-electron chi connectivity index (χ4n) is 2.79. The van der Waals surface area contributed by atoms with Gasteiger partial charge in [0.25, 0.3) is 0 Å². The lowest BCUT2D eigenvalue weighted by molar-refractivity contribution is 0.370. The summed E-state index contributed by atoms with van der Waals surface area (Å²) in [6.45, 7) is 5.26. The highest BCUT2D eigenvalue weighted by Crippen LogP contribution is 2.27. The zero-order valence-corrected chi connectivity index (χ0v) is 12.7. The lowest BCUT2D eigenvalue weighted by atomic mass is 10.2. The number of rotatable bonds is 6. The van der Waals surface area contributed by atoms with Crippen LogP contribution < -0.4 is 10.2 Å². The molecule has 0 saturated carbocycles. The highest BCUT2D eigenvalue weighted by Gasteiger charge is 2.28. The Morgan fingerprint density at radius 2 is 2.30 bits per heavy atom. The second-order valence-corrected chi connectivity index (χ2v) is 5.64. The fraction of sp³-hybridized carbons (Fsp3) is 0.667. The number of halogens is 1. The van der Waals surface area contributed by atoms with Crippen LogP contribution in [0.3, 0.4) is 0 Å². The molecule has 0 aliphatic carbocycles. The lowest BCUT2D eigenvalue weighted by Crippen LogP contribution is -2.38. The Bertz CT molecular complexity index is 436. The number of nitrogens with one attached hydrogen (secondary N) is 1. The summed E-state index contributed by atoms with van der Waals surface area (Å²) in [5.74, 6) is 0.351. The monoisotopic (exact) mass is 280 g/mol. The average Bonchev–Trinajstić information content (AvgIpc) is 2.85. The van der Waals surface area contributed by atoms with Crippen LogP contribution >= 0.6 is 0 Å². The molecule has 0 amide bonds. The van der Waals surface area contributed by atoms with Crippen molar-refractivity contribution < 1.29 is 4.39 Å². The van der Waals surface area contributed by atoms with Crippen LogP contribution in [0.1, 0.15) is 25.3 Å². The van der Waals surface area contributed by atoms with Crippen molar-refractivity contribution in [1.29, 1.82) is 0 Å². The number of nitrogens with zero attached hydrogens (tertiary/aromatic N) is 3. The van der Waals surface area contributed by atoms with E-state index in [2.05, 4.69) is 34.2 Å². The predicted molar refractivity (Wildman–Crippen MR) is 80.5 cm³/mol. The molecule has 2 rings (SSSR count). The molecule has 4 nitrogen and oxygen atoms in total. The van der Waals surface area contributed by atoms with Gasteiger partial charge in [-0.3, -0.25) is 0 Å². The van der Waals surface area contributed by atoms with Crippen LogP contribution in [0.5, 0.6) is 0 Å². The molecule has 5 heteroatoms. The van der Waals surface area contributed by atoms with Gasteiger partial charge < -0.3 is 15.1 Å². The van der Waals surface area contributed by atoms with E-state index in [1.807, 2.05) is 6.92 Å². The topological polar surface area (TPSA) is 31.4 Å². The lowest BCUT2D eigenvalue weighted by Gasteiger charge is -2.28. The van der Waals surface area contributed by atoms with Crippen LogP contribution in [0.25, 0.3) is 0 Å². The minimum atomic E-state index is -0.167. The summed E-state index contributed by atoms with van der Waals surface area (Å²) < 4.78 is 14.6. The van der Waals surface area contributed by atoms with Crippen LogP contribution in [0, 0.1) is 5.82 Å². The molecule has 1 saturated heterocycles. The number of hydrogen-bond acceptors (Lipinski definition) is 4. The van der Waals surface area contributed by atoms with Gasteiger partial charge in [0.1, 0.15) is 0 Å². The van der Waals surface area contributed by atoms with Crippen molar-refractivity contribution in [3.05, 3.63) is 23.6 Å². The third-order valence-corrected chi connectivity index (χ3v) is 3.74. The molecule has 1 aliphatic heterocycles. The molecule has 0 spiro atoms. The number of anilines is 1. The zero-order chi connectivity index (χ0) is 14.5. The third-order valence-electron chi connectivity index (χ3n) is 3.74. The van der Waals surface area contributed by atoms with E-state index in [4.69, 9.17) is 0 Å². The van der Waals surface area contributed by atoms with Gasteiger partial charge in [-0.15, -0.1) is 0 Å². The molecular formula is C15H25FN4. The van der Waals surface area contributed by atoms with E-state index in [-0.39, 0.29) is 5.82 Å². The summed E-state index contributed by atoms with van der Waals surface area (Å²) in [7, 11) is 4.11.